The van der Waals surface area contributed by atoms with E-state index in [2.05, 4.69) is 27.7 Å². The van der Waals surface area contributed by atoms with Gasteiger partial charge in [0.1, 0.15) is 0 Å². The van der Waals surface area contributed by atoms with Crippen LogP contribution < -0.4 is 0 Å². The Balaban J connectivity index is 0. The van der Waals surface area contributed by atoms with E-state index < -0.39 is 3.79 Å². The van der Waals surface area contributed by atoms with Crippen LogP contribution in [-0.2, 0) is 0 Å². The normalized spacial score (nSPS) is 13.1. The summed E-state index contributed by atoms with van der Waals surface area (Å²) in [5, 5.41) is -0.362. The minimum Gasteiger partial charge on any atom is -0.118 e. The number of hydrogen-bond donors (Lipinski definition) is 0. The van der Waals surface area contributed by atoms with Crippen molar-refractivity contribution in [3.05, 3.63) is 0 Å². The van der Waals surface area contributed by atoms with Gasteiger partial charge in [-0.1, -0.05) is 114 Å². The van der Waals surface area contributed by atoms with Crippen LogP contribution in [0.2, 0.25) is 0 Å². The third-order valence-corrected chi connectivity index (χ3v) is 4.72. The van der Waals surface area contributed by atoms with E-state index in [9.17, 15) is 0 Å². The molecule has 0 aromatic carbocycles. The predicted octanol–water partition coefficient (Wildman–Crippen LogP) is 8.16. The SMILES string of the molecule is CCCCCC(C)C.CCCCCCC(Cl)C(Cl)(Cl)Cl. The molecule has 1 atom stereocenters. The monoisotopic (exact) mass is 364 g/mol. The van der Waals surface area contributed by atoms with Gasteiger partial charge in [0.15, 0.2) is 0 Å². The first-order valence-electron chi connectivity index (χ1n) is 7.96. The molecule has 0 aliphatic heterocycles. The zero-order valence-electron chi connectivity index (χ0n) is 13.5. The van der Waals surface area contributed by atoms with E-state index in [4.69, 9.17) is 46.4 Å². The average Bonchev–Trinajstić information content (AvgIpc) is 2.34. The Kier molecular flexibility index (Phi) is 17.7. The van der Waals surface area contributed by atoms with Crippen molar-refractivity contribution in [3.8, 4) is 0 Å². The molecular weight excluding hydrogens is 334 g/mol. The van der Waals surface area contributed by atoms with Crippen molar-refractivity contribution in [3.63, 3.8) is 0 Å². The second kappa shape index (κ2) is 15.1. The molecule has 0 aromatic heterocycles. The third-order valence-electron chi connectivity index (χ3n) is 3.05. The van der Waals surface area contributed by atoms with Gasteiger partial charge in [-0.3, -0.25) is 0 Å². The number of unbranched alkanes of at least 4 members (excludes halogenated alkanes) is 5. The standard InChI is InChI=1S/C8H14Cl4.C8H18/c1-2-3-4-5-6-7(9)8(10,11)12;1-4-5-6-7-8(2)3/h7H,2-6H2,1H3;8H,4-7H2,1-3H3. The van der Waals surface area contributed by atoms with Gasteiger partial charge in [0.25, 0.3) is 0 Å². The van der Waals surface area contributed by atoms with Gasteiger partial charge in [-0.2, -0.15) is 0 Å². The lowest BCUT2D eigenvalue weighted by molar-refractivity contribution is 0.534. The van der Waals surface area contributed by atoms with Gasteiger partial charge in [-0.05, 0) is 12.3 Å². The quantitative estimate of drug-likeness (QED) is 0.285. The van der Waals surface area contributed by atoms with E-state index in [-0.39, 0.29) is 5.38 Å². The molecule has 0 bridgehead atoms. The fourth-order valence-electron chi connectivity index (χ4n) is 1.72. The van der Waals surface area contributed by atoms with Crippen LogP contribution >= 0.6 is 46.4 Å². The number of alkyl halides is 4. The van der Waals surface area contributed by atoms with Crippen molar-refractivity contribution < 1.29 is 0 Å². The van der Waals surface area contributed by atoms with Crippen LogP contribution in [0.25, 0.3) is 0 Å². The van der Waals surface area contributed by atoms with Crippen molar-refractivity contribution in [2.75, 3.05) is 0 Å². The molecule has 0 aromatic rings. The van der Waals surface area contributed by atoms with E-state index in [0.717, 1.165) is 18.8 Å². The molecular formula is C16H32Cl4. The number of hydrogen-bond acceptors (Lipinski definition) is 0. The lowest BCUT2D eigenvalue weighted by atomic mass is 10.1. The van der Waals surface area contributed by atoms with Gasteiger partial charge >= 0.3 is 0 Å². The summed E-state index contributed by atoms with van der Waals surface area (Å²) >= 11 is 22.6. The molecule has 0 fully saturated rings. The summed E-state index contributed by atoms with van der Waals surface area (Å²) in [6.07, 6.45) is 11.0. The second-order valence-electron chi connectivity index (χ2n) is 5.75. The first-order valence-corrected chi connectivity index (χ1v) is 9.53. The third kappa shape index (κ3) is 19.2. The van der Waals surface area contributed by atoms with Crippen molar-refractivity contribution in [1.29, 1.82) is 0 Å². The van der Waals surface area contributed by atoms with Crippen LogP contribution in [0.15, 0.2) is 0 Å². The van der Waals surface area contributed by atoms with Crippen LogP contribution in [0, 0.1) is 5.92 Å². The van der Waals surface area contributed by atoms with Crippen LogP contribution in [0.1, 0.15) is 85.5 Å². The summed E-state index contributed by atoms with van der Waals surface area (Å²) in [5.74, 6) is 0.904. The molecule has 0 nitrogen and oxygen atoms in total. The first kappa shape index (κ1) is 23.4. The summed E-state index contributed by atoms with van der Waals surface area (Å²) in [5.41, 5.74) is 0. The van der Waals surface area contributed by atoms with Gasteiger partial charge in [0.2, 0.25) is 3.79 Å². The molecule has 0 amide bonds. The molecule has 1 unspecified atom stereocenters. The predicted molar refractivity (Wildman–Crippen MR) is 97.7 cm³/mol. The van der Waals surface area contributed by atoms with Gasteiger partial charge in [-0.25, -0.2) is 0 Å². The van der Waals surface area contributed by atoms with E-state index in [1.807, 2.05) is 0 Å². The summed E-state index contributed by atoms with van der Waals surface area (Å²) in [7, 11) is 0. The fraction of sp³-hybridized carbons (Fsp3) is 1.00. The highest BCUT2D eigenvalue weighted by Crippen LogP contribution is 2.36. The Morgan fingerprint density at radius 3 is 1.60 bits per heavy atom. The minimum absolute atomic E-state index is 0.362. The van der Waals surface area contributed by atoms with E-state index in [1.54, 1.807) is 0 Å². The van der Waals surface area contributed by atoms with Crippen LogP contribution in [0.3, 0.4) is 0 Å². The maximum atomic E-state index is 5.84. The molecule has 0 saturated heterocycles. The van der Waals surface area contributed by atoms with Crippen molar-refractivity contribution in [2.45, 2.75) is 94.7 Å². The van der Waals surface area contributed by atoms with Crippen molar-refractivity contribution in [2.24, 2.45) is 5.92 Å². The Morgan fingerprint density at radius 2 is 1.20 bits per heavy atom. The largest absolute Gasteiger partial charge is 0.206 e. The smallest absolute Gasteiger partial charge is 0.118 e. The Labute approximate surface area is 146 Å². The minimum atomic E-state index is -1.31. The van der Waals surface area contributed by atoms with Gasteiger partial charge in [0.05, 0.1) is 5.38 Å². The van der Waals surface area contributed by atoms with E-state index in [1.165, 1.54) is 44.9 Å². The number of rotatable bonds is 9. The lowest BCUT2D eigenvalue weighted by Gasteiger charge is -2.17. The second-order valence-corrected chi connectivity index (χ2v) is 8.64. The molecule has 0 N–H and O–H groups in total. The van der Waals surface area contributed by atoms with Gasteiger partial charge < -0.3 is 0 Å². The molecule has 0 spiro atoms. The first-order chi connectivity index (χ1) is 9.25. The molecule has 20 heavy (non-hydrogen) atoms. The van der Waals surface area contributed by atoms with Crippen molar-refractivity contribution in [1.82, 2.24) is 0 Å². The van der Waals surface area contributed by atoms with Crippen molar-refractivity contribution >= 4 is 46.4 Å². The summed E-state index contributed by atoms with van der Waals surface area (Å²) in [6.45, 7) is 8.98. The average molecular weight is 366 g/mol. The molecule has 0 saturated carbocycles. The molecule has 0 aliphatic carbocycles. The molecule has 0 heterocycles. The summed E-state index contributed by atoms with van der Waals surface area (Å²) < 4.78 is -1.31. The van der Waals surface area contributed by atoms with Crippen LogP contribution in [0.4, 0.5) is 0 Å². The summed E-state index contributed by atoms with van der Waals surface area (Å²) in [6, 6.07) is 0. The molecule has 0 aliphatic rings. The van der Waals surface area contributed by atoms with E-state index >= 15 is 0 Å². The zero-order valence-corrected chi connectivity index (χ0v) is 16.6. The van der Waals surface area contributed by atoms with E-state index in [0.29, 0.717) is 0 Å². The van der Waals surface area contributed by atoms with Gasteiger partial charge in [0, 0.05) is 0 Å². The highest BCUT2D eigenvalue weighted by molar-refractivity contribution is 6.70. The zero-order chi connectivity index (χ0) is 16.0. The molecule has 124 valence electrons. The van der Waals surface area contributed by atoms with Crippen LogP contribution in [0.5, 0.6) is 0 Å². The Bertz CT molecular complexity index is 187. The summed E-state index contributed by atoms with van der Waals surface area (Å²) in [4.78, 5) is 0. The maximum Gasteiger partial charge on any atom is 0.206 e. The Morgan fingerprint density at radius 1 is 0.750 bits per heavy atom. The van der Waals surface area contributed by atoms with Gasteiger partial charge in [-0.15, -0.1) is 11.6 Å². The lowest BCUT2D eigenvalue weighted by Crippen LogP contribution is -2.18. The molecule has 0 rings (SSSR count). The number of halogens is 4. The highest BCUT2D eigenvalue weighted by atomic mass is 35.6. The highest BCUT2D eigenvalue weighted by Gasteiger charge is 2.29. The maximum absolute atomic E-state index is 5.84. The Hall–Kier alpha value is 1.16. The molecule has 0 radical (unpaired) electrons. The van der Waals surface area contributed by atoms with Crippen LogP contribution in [-0.4, -0.2) is 9.17 Å². The fourth-order valence-corrected chi connectivity index (χ4v) is 2.20. The molecule has 4 heteroatoms. The topological polar surface area (TPSA) is 0 Å².